The minimum absolute atomic E-state index is 0.0383. The van der Waals surface area contributed by atoms with E-state index in [2.05, 4.69) is 21.6 Å². The van der Waals surface area contributed by atoms with Crippen molar-refractivity contribution < 1.29 is 14.3 Å². The van der Waals surface area contributed by atoms with Gasteiger partial charge in [-0.15, -0.1) is 5.10 Å². The monoisotopic (exact) mass is 379 g/mol. The van der Waals surface area contributed by atoms with Crippen LogP contribution in [0.5, 0.6) is 11.5 Å². The van der Waals surface area contributed by atoms with Gasteiger partial charge in [0.1, 0.15) is 0 Å². The molecule has 0 spiro atoms. The quantitative estimate of drug-likeness (QED) is 0.836. The zero-order valence-corrected chi connectivity index (χ0v) is 15.9. The van der Waals surface area contributed by atoms with E-state index in [1.165, 1.54) is 32.1 Å². The van der Waals surface area contributed by atoms with Crippen molar-refractivity contribution in [1.29, 1.82) is 0 Å². The van der Waals surface area contributed by atoms with Crippen LogP contribution in [0, 0.1) is 11.8 Å². The molecule has 2 heterocycles. The van der Waals surface area contributed by atoms with Gasteiger partial charge in [-0.3, -0.25) is 4.79 Å². The molecule has 2 aliphatic carbocycles. The largest absolute Gasteiger partial charge is 0.454 e. The molecule has 0 atom stereocenters. The van der Waals surface area contributed by atoms with Gasteiger partial charge in [0.25, 0.3) is 0 Å². The fourth-order valence-electron chi connectivity index (χ4n) is 4.16. The number of carbonyl (C=O) groups is 1. The van der Waals surface area contributed by atoms with Crippen molar-refractivity contribution in [2.45, 2.75) is 51.4 Å². The average Bonchev–Trinajstić information content (AvgIpc) is 3.47. The van der Waals surface area contributed by atoms with Crippen LogP contribution in [-0.4, -0.2) is 22.9 Å². The molecule has 2 fully saturated rings. The number of fused-ring (bicyclic) bond motifs is 1. The first kappa shape index (κ1) is 17.5. The summed E-state index contributed by atoms with van der Waals surface area (Å²) >= 11 is 0. The summed E-state index contributed by atoms with van der Waals surface area (Å²) in [5, 5.41) is 11.8. The summed E-state index contributed by atoms with van der Waals surface area (Å²) in [6.07, 6.45) is 9.35. The van der Waals surface area contributed by atoms with Gasteiger partial charge in [0.2, 0.25) is 12.7 Å². The van der Waals surface area contributed by atoms with Gasteiger partial charge < -0.3 is 14.8 Å². The van der Waals surface area contributed by atoms with Crippen molar-refractivity contribution in [3.05, 3.63) is 30.0 Å². The summed E-state index contributed by atoms with van der Waals surface area (Å²) in [5.74, 6) is 2.84. The Kier molecular flexibility index (Phi) is 4.63. The summed E-state index contributed by atoms with van der Waals surface area (Å²) < 4.78 is 11.0. The van der Waals surface area contributed by atoms with E-state index in [-0.39, 0.29) is 18.6 Å². The highest BCUT2D eigenvalue weighted by Gasteiger charge is 2.30. The van der Waals surface area contributed by atoms with Gasteiger partial charge in [-0.1, -0.05) is 38.2 Å². The Hall–Kier alpha value is -2.63. The molecule has 2 saturated carbocycles. The summed E-state index contributed by atoms with van der Waals surface area (Å²) in [6, 6.07) is 7.94. The van der Waals surface area contributed by atoms with Gasteiger partial charge in [0.15, 0.2) is 17.3 Å². The van der Waals surface area contributed by atoms with Crippen molar-refractivity contribution in [2.75, 3.05) is 12.1 Å². The maximum Gasteiger partial charge on any atom is 0.231 e. The first-order valence-corrected chi connectivity index (χ1v) is 10.3. The number of hydrogen-bond acceptors (Lipinski definition) is 5. The van der Waals surface area contributed by atoms with E-state index in [1.807, 2.05) is 18.2 Å². The number of rotatable bonds is 5. The van der Waals surface area contributed by atoms with Gasteiger partial charge in [-0.05, 0) is 48.9 Å². The number of nitrogens with zero attached hydrogens (tertiary/aromatic N) is 2. The molecule has 28 heavy (non-hydrogen) atoms. The number of amides is 1. The van der Waals surface area contributed by atoms with Crippen LogP contribution >= 0.6 is 0 Å². The number of nitrogens with one attached hydrogen (secondary N) is 1. The predicted octanol–water partition coefficient (Wildman–Crippen LogP) is 4.34. The zero-order valence-electron chi connectivity index (χ0n) is 15.9. The maximum atomic E-state index is 12.3. The van der Waals surface area contributed by atoms with Crippen LogP contribution in [0.1, 0.15) is 50.6 Å². The Balaban J connectivity index is 1.46. The van der Waals surface area contributed by atoms with E-state index >= 15 is 0 Å². The Labute approximate surface area is 164 Å². The van der Waals surface area contributed by atoms with E-state index < -0.39 is 0 Å². The van der Waals surface area contributed by atoms with E-state index in [9.17, 15) is 4.79 Å². The van der Waals surface area contributed by atoms with Gasteiger partial charge in [-0.25, -0.2) is 0 Å². The SMILES string of the molecule is O=C(Nc1nnc(CC2CCCCC2)cc1-c1ccc2c(c1)OCO2)C1CC1. The van der Waals surface area contributed by atoms with E-state index in [1.54, 1.807) is 0 Å². The topological polar surface area (TPSA) is 73.3 Å². The third kappa shape index (κ3) is 3.68. The lowest BCUT2D eigenvalue weighted by atomic mass is 9.86. The molecular weight excluding hydrogens is 354 g/mol. The Morgan fingerprint density at radius 1 is 1.00 bits per heavy atom. The smallest absolute Gasteiger partial charge is 0.231 e. The molecule has 0 saturated heterocycles. The van der Waals surface area contributed by atoms with Crippen LogP contribution in [0.4, 0.5) is 5.82 Å². The molecule has 1 N–H and O–H groups in total. The molecule has 0 unspecified atom stereocenters. The van der Waals surface area contributed by atoms with Gasteiger partial charge in [0, 0.05) is 11.5 Å². The predicted molar refractivity (Wildman–Crippen MR) is 105 cm³/mol. The van der Waals surface area contributed by atoms with Crippen LogP contribution < -0.4 is 14.8 Å². The molecule has 6 heteroatoms. The molecule has 3 aliphatic rings. The highest BCUT2D eigenvalue weighted by atomic mass is 16.7. The normalized spacial score (nSPS) is 18.9. The second-order valence-corrected chi connectivity index (χ2v) is 8.14. The lowest BCUT2D eigenvalue weighted by molar-refractivity contribution is -0.117. The third-order valence-corrected chi connectivity index (χ3v) is 5.94. The molecular formula is C22H25N3O3. The molecule has 0 radical (unpaired) electrons. The van der Waals surface area contributed by atoms with E-state index in [0.717, 1.165) is 47.6 Å². The molecule has 1 aromatic heterocycles. The van der Waals surface area contributed by atoms with Gasteiger partial charge >= 0.3 is 0 Å². The lowest BCUT2D eigenvalue weighted by Gasteiger charge is -2.21. The molecule has 0 bridgehead atoms. The molecule has 6 nitrogen and oxygen atoms in total. The number of hydrogen-bond donors (Lipinski definition) is 1. The van der Waals surface area contributed by atoms with Crippen molar-refractivity contribution in [3.8, 4) is 22.6 Å². The summed E-state index contributed by atoms with van der Waals surface area (Å²) in [7, 11) is 0. The standard InChI is InChI=1S/C22H25N3O3/c26-22(15-6-7-15)23-21-18(16-8-9-19-20(11-16)28-13-27-19)12-17(24-25-21)10-14-4-2-1-3-5-14/h8-9,11-12,14-15H,1-7,10,13H2,(H,23,25,26). The van der Waals surface area contributed by atoms with Crippen LogP contribution in [0.2, 0.25) is 0 Å². The van der Waals surface area contributed by atoms with Crippen molar-refractivity contribution in [2.24, 2.45) is 11.8 Å². The second kappa shape index (κ2) is 7.41. The highest BCUT2D eigenvalue weighted by molar-refractivity contribution is 5.96. The number of anilines is 1. The summed E-state index contributed by atoms with van der Waals surface area (Å²) in [5.41, 5.74) is 2.84. The summed E-state index contributed by atoms with van der Waals surface area (Å²) in [4.78, 5) is 12.3. The van der Waals surface area contributed by atoms with E-state index in [4.69, 9.17) is 9.47 Å². The molecule has 146 valence electrons. The lowest BCUT2D eigenvalue weighted by Crippen LogP contribution is -2.17. The van der Waals surface area contributed by atoms with Crippen molar-refractivity contribution in [3.63, 3.8) is 0 Å². The van der Waals surface area contributed by atoms with Crippen molar-refractivity contribution >= 4 is 11.7 Å². The first-order valence-electron chi connectivity index (χ1n) is 10.3. The van der Waals surface area contributed by atoms with Crippen LogP contribution in [0.3, 0.4) is 0 Å². The van der Waals surface area contributed by atoms with Gasteiger partial charge in [-0.2, -0.15) is 5.10 Å². The Morgan fingerprint density at radius 2 is 1.82 bits per heavy atom. The molecule has 1 amide bonds. The Bertz CT molecular complexity index is 889. The Morgan fingerprint density at radius 3 is 2.64 bits per heavy atom. The second-order valence-electron chi connectivity index (χ2n) is 8.14. The zero-order chi connectivity index (χ0) is 18.9. The molecule has 1 aromatic carbocycles. The number of carbonyl (C=O) groups excluding carboxylic acids is 1. The van der Waals surface area contributed by atoms with Crippen LogP contribution in [0.15, 0.2) is 24.3 Å². The molecule has 1 aliphatic heterocycles. The number of aromatic nitrogens is 2. The minimum Gasteiger partial charge on any atom is -0.454 e. The fourth-order valence-corrected chi connectivity index (χ4v) is 4.16. The van der Waals surface area contributed by atoms with Crippen LogP contribution in [-0.2, 0) is 11.2 Å². The maximum absolute atomic E-state index is 12.3. The first-order chi connectivity index (χ1) is 13.8. The summed E-state index contributed by atoms with van der Waals surface area (Å²) in [6.45, 7) is 0.242. The van der Waals surface area contributed by atoms with Gasteiger partial charge in [0.05, 0.1) is 5.69 Å². The molecule has 5 rings (SSSR count). The van der Waals surface area contributed by atoms with E-state index in [0.29, 0.717) is 11.7 Å². The van der Waals surface area contributed by atoms with Crippen molar-refractivity contribution in [1.82, 2.24) is 10.2 Å². The number of ether oxygens (including phenoxy) is 2. The average molecular weight is 379 g/mol. The highest BCUT2D eigenvalue weighted by Crippen LogP contribution is 2.39. The van der Waals surface area contributed by atoms with Crippen LogP contribution in [0.25, 0.3) is 11.1 Å². The fraction of sp³-hybridized carbons (Fsp3) is 0.500. The third-order valence-electron chi connectivity index (χ3n) is 5.94. The number of benzene rings is 1. The minimum atomic E-state index is 0.0383. The molecule has 2 aromatic rings.